The minimum absolute atomic E-state index is 0.0980. The highest BCUT2D eigenvalue weighted by Gasteiger charge is 2.23. The molecule has 1 aliphatic rings. The standard InChI is InChI=1S/C18H23N3O3/c1-24-16-4-2-14(3-5-16)12-18(23)21-10-7-15(8-11-21)13-20-17(22)6-9-19/h2-5,15H,6-8,10-13H2,1H3,(H,20,22). The zero-order chi connectivity index (χ0) is 17.4. The maximum atomic E-state index is 12.4. The van der Waals surface area contributed by atoms with Crippen molar-refractivity contribution in [2.24, 2.45) is 5.92 Å². The van der Waals surface area contributed by atoms with Crippen LogP contribution in [0.15, 0.2) is 24.3 Å². The van der Waals surface area contributed by atoms with Gasteiger partial charge in [0.05, 0.1) is 19.6 Å². The molecule has 1 aromatic carbocycles. The van der Waals surface area contributed by atoms with Crippen LogP contribution in [-0.2, 0) is 16.0 Å². The van der Waals surface area contributed by atoms with Gasteiger partial charge in [-0.15, -0.1) is 0 Å². The molecule has 1 fully saturated rings. The average Bonchev–Trinajstić information content (AvgIpc) is 2.61. The Morgan fingerprint density at radius 1 is 1.29 bits per heavy atom. The molecule has 1 aliphatic heterocycles. The van der Waals surface area contributed by atoms with Crippen LogP contribution in [0.25, 0.3) is 0 Å². The van der Waals surface area contributed by atoms with Gasteiger partial charge in [-0.25, -0.2) is 0 Å². The number of rotatable bonds is 6. The SMILES string of the molecule is COc1ccc(CC(=O)N2CCC(CNC(=O)CC#N)CC2)cc1. The van der Waals surface area contributed by atoms with Crippen LogP contribution in [0.1, 0.15) is 24.8 Å². The molecule has 1 aromatic rings. The van der Waals surface area contributed by atoms with E-state index in [1.807, 2.05) is 35.2 Å². The van der Waals surface area contributed by atoms with Crippen molar-refractivity contribution in [1.82, 2.24) is 10.2 Å². The fourth-order valence-corrected chi connectivity index (χ4v) is 2.81. The third-order valence-electron chi connectivity index (χ3n) is 4.31. The smallest absolute Gasteiger partial charge is 0.234 e. The lowest BCUT2D eigenvalue weighted by atomic mass is 9.96. The first-order valence-electron chi connectivity index (χ1n) is 8.16. The molecule has 0 aliphatic carbocycles. The summed E-state index contributed by atoms with van der Waals surface area (Å²) in [6.45, 7) is 2.02. The molecule has 1 heterocycles. The molecule has 6 heteroatoms. The van der Waals surface area contributed by atoms with Crippen molar-refractivity contribution in [3.05, 3.63) is 29.8 Å². The number of piperidine rings is 1. The van der Waals surface area contributed by atoms with Crippen molar-refractivity contribution in [3.8, 4) is 11.8 Å². The number of ether oxygens (including phenoxy) is 1. The van der Waals surface area contributed by atoms with Crippen LogP contribution in [0.5, 0.6) is 5.75 Å². The second kappa shape index (κ2) is 8.92. The predicted octanol–water partition coefficient (Wildman–Crippen LogP) is 1.51. The zero-order valence-electron chi connectivity index (χ0n) is 14.0. The van der Waals surface area contributed by atoms with E-state index >= 15 is 0 Å². The van der Waals surface area contributed by atoms with E-state index in [0.29, 0.717) is 32.0 Å². The summed E-state index contributed by atoms with van der Waals surface area (Å²) >= 11 is 0. The number of nitrogens with zero attached hydrogens (tertiary/aromatic N) is 2. The molecule has 0 atom stereocenters. The molecular formula is C18H23N3O3. The van der Waals surface area contributed by atoms with Crippen LogP contribution in [0.4, 0.5) is 0 Å². The number of carbonyl (C=O) groups is 2. The van der Waals surface area contributed by atoms with E-state index in [0.717, 1.165) is 24.2 Å². The Morgan fingerprint density at radius 2 is 1.96 bits per heavy atom. The van der Waals surface area contributed by atoms with Crippen LogP contribution >= 0.6 is 0 Å². The Morgan fingerprint density at radius 3 is 2.54 bits per heavy atom. The van der Waals surface area contributed by atoms with E-state index in [1.165, 1.54) is 0 Å². The number of carbonyl (C=O) groups excluding carboxylic acids is 2. The van der Waals surface area contributed by atoms with E-state index in [2.05, 4.69) is 5.32 Å². The maximum absolute atomic E-state index is 12.4. The second-order valence-corrected chi connectivity index (χ2v) is 5.99. The Hall–Kier alpha value is -2.55. The molecule has 1 N–H and O–H groups in total. The van der Waals surface area contributed by atoms with Gasteiger partial charge < -0.3 is 15.0 Å². The molecule has 24 heavy (non-hydrogen) atoms. The molecule has 0 saturated carbocycles. The molecule has 128 valence electrons. The molecule has 0 spiro atoms. The van der Waals surface area contributed by atoms with E-state index in [9.17, 15) is 9.59 Å². The number of methoxy groups -OCH3 is 1. The lowest BCUT2D eigenvalue weighted by molar-refractivity contribution is -0.132. The summed E-state index contributed by atoms with van der Waals surface area (Å²) in [5.74, 6) is 1.06. The van der Waals surface area contributed by atoms with Gasteiger partial charge >= 0.3 is 0 Å². The van der Waals surface area contributed by atoms with Gasteiger partial charge in [0.1, 0.15) is 12.2 Å². The number of hydrogen-bond donors (Lipinski definition) is 1. The van der Waals surface area contributed by atoms with Crippen molar-refractivity contribution in [3.63, 3.8) is 0 Å². The molecular weight excluding hydrogens is 306 g/mol. The molecule has 2 rings (SSSR count). The first kappa shape index (κ1) is 17.8. The summed E-state index contributed by atoms with van der Waals surface area (Å²) < 4.78 is 5.11. The van der Waals surface area contributed by atoms with E-state index in [-0.39, 0.29) is 18.2 Å². The van der Waals surface area contributed by atoms with Gasteiger partial charge in [0.15, 0.2) is 0 Å². The third kappa shape index (κ3) is 5.27. The normalized spacial score (nSPS) is 14.8. The van der Waals surface area contributed by atoms with Crippen LogP contribution in [0.3, 0.4) is 0 Å². The average molecular weight is 329 g/mol. The monoisotopic (exact) mass is 329 g/mol. The van der Waals surface area contributed by atoms with E-state index < -0.39 is 0 Å². The van der Waals surface area contributed by atoms with Gasteiger partial charge in [-0.2, -0.15) is 5.26 Å². The third-order valence-corrected chi connectivity index (χ3v) is 4.31. The quantitative estimate of drug-likeness (QED) is 0.857. The van der Waals surface area contributed by atoms with Crippen molar-refractivity contribution in [1.29, 1.82) is 5.26 Å². The number of amides is 2. The van der Waals surface area contributed by atoms with Gasteiger partial charge in [-0.3, -0.25) is 9.59 Å². The van der Waals surface area contributed by atoms with Crippen LogP contribution in [-0.4, -0.2) is 43.5 Å². The van der Waals surface area contributed by atoms with Crippen LogP contribution < -0.4 is 10.1 Å². The fourth-order valence-electron chi connectivity index (χ4n) is 2.81. The predicted molar refractivity (Wildman–Crippen MR) is 89.2 cm³/mol. The molecule has 0 bridgehead atoms. The lowest BCUT2D eigenvalue weighted by Gasteiger charge is -2.32. The summed E-state index contributed by atoms with van der Waals surface area (Å²) in [7, 11) is 1.62. The largest absolute Gasteiger partial charge is 0.497 e. The summed E-state index contributed by atoms with van der Waals surface area (Å²) in [4.78, 5) is 25.6. The van der Waals surface area contributed by atoms with Gasteiger partial charge in [-0.05, 0) is 36.5 Å². The highest BCUT2D eigenvalue weighted by atomic mass is 16.5. The highest BCUT2D eigenvalue weighted by Crippen LogP contribution is 2.18. The van der Waals surface area contributed by atoms with Gasteiger partial charge in [0.25, 0.3) is 0 Å². The van der Waals surface area contributed by atoms with Gasteiger partial charge in [0.2, 0.25) is 11.8 Å². The Bertz CT molecular complexity index is 599. The highest BCUT2D eigenvalue weighted by molar-refractivity contribution is 5.79. The Balaban J connectivity index is 1.74. The summed E-state index contributed by atoms with van der Waals surface area (Å²) in [6, 6.07) is 9.38. The van der Waals surface area contributed by atoms with Crippen LogP contribution in [0, 0.1) is 17.2 Å². The maximum Gasteiger partial charge on any atom is 0.234 e. The molecule has 1 saturated heterocycles. The van der Waals surface area contributed by atoms with Crippen molar-refractivity contribution in [2.75, 3.05) is 26.7 Å². The minimum atomic E-state index is -0.226. The Labute approximate surface area is 142 Å². The van der Waals surface area contributed by atoms with E-state index in [4.69, 9.17) is 10.00 Å². The first-order chi connectivity index (χ1) is 11.6. The Kier molecular flexibility index (Phi) is 6.62. The van der Waals surface area contributed by atoms with Gasteiger partial charge in [-0.1, -0.05) is 12.1 Å². The van der Waals surface area contributed by atoms with E-state index in [1.54, 1.807) is 7.11 Å². The number of benzene rings is 1. The molecule has 0 unspecified atom stereocenters. The minimum Gasteiger partial charge on any atom is -0.497 e. The number of nitriles is 1. The van der Waals surface area contributed by atoms with Crippen LogP contribution in [0.2, 0.25) is 0 Å². The summed E-state index contributed by atoms with van der Waals surface area (Å²) in [6.07, 6.45) is 2.05. The second-order valence-electron chi connectivity index (χ2n) is 5.99. The fraction of sp³-hybridized carbons (Fsp3) is 0.500. The summed E-state index contributed by atoms with van der Waals surface area (Å²) in [5.41, 5.74) is 0.978. The number of nitrogens with one attached hydrogen (secondary N) is 1. The zero-order valence-corrected chi connectivity index (χ0v) is 14.0. The first-order valence-corrected chi connectivity index (χ1v) is 8.16. The summed E-state index contributed by atoms with van der Waals surface area (Å²) in [5, 5.41) is 11.2. The molecule has 0 aromatic heterocycles. The van der Waals surface area contributed by atoms with Crippen molar-refractivity contribution >= 4 is 11.8 Å². The number of hydrogen-bond acceptors (Lipinski definition) is 4. The van der Waals surface area contributed by atoms with Crippen molar-refractivity contribution in [2.45, 2.75) is 25.7 Å². The number of likely N-dealkylation sites (tertiary alicyclic amines) is 1. The molecule has 0 radical (unpaired) electrons. The van der Waals surface area contributed by atoms with Crippen molar-refractivity contribution < 1.29 is 14.3 Å². The topological polar surface area (TPSA) is 82.4 Å². The molecule has 6 nitrogen and oxygen atoms in total. The lowest BCUT2D eigenvalue weighted by Crippen LogP contribution is -2.42. The molecule has 2 amide bonds. The van der Waals surface area contributed by atoms with Gasteiger partial charge in [0, 0.05) is 19.6 Å².